The second kappa shape index (κ2) is 7.44. The molecular weight excluding hydrogens is 370 g/mol. The molecule has 2 N–H and O–H groups in total. The molecule has 2 aromatic carbocycles. The zero-order valence-corrected chi connectivity index (χ0v) is 15.6. The smallest absolute Gasteiger partial charge is 0.251 e. The molecule has 9 heteroatoms. The van der Waals surface area contributed by atoms with Crippen molar-refractivity contribution in [3.63, 3.8) is 0 Å². The first-order valence-corrected chi connectivity index (χ1v) is 9.52. The molecular formula is C20H19N7O2. The molecule has 1 saturated heterocycles. The number of anilines is 2. The Labute approximate surface area is 166 Å². The standard InChI is InChI=1S/C20H19N7O2/c28-20(21-12-15-4-3-11-29-15)13-7-9-14(10-8-13)22-18-19-24-25-26-27(19)17-6-2-1-5-16(17)23-18/h1-2,5-10,15H,3-4,11-12H2,(H,21,28)(H,22,23)/t15-/m0/s1. The van der Waals surface area contributed by atoms with Gasteiger partial charge in [-0.15, -0.1) is 5.10 Å². The summed E-state index contributed by atoms with van der Waals surface area (Å²) in [5.74, 6) is 0.434. The first-order chi connectivity index (χ1) is 14.3. The molecule has 1 atom stereocenters. The van der Waals surface area contributed by atoms with Gasteiger partial charge < -0.3 is 15.4 Å². The Morgan fingerprint density at radius 1 is 1.17 bits per heavy atom. The number of amides is 1. The highest BCUT2D eigenvalue weighted by Gasteiger charge is 2.17. The van der Waals surface area contributed by atoms with Gasteiger partial charge in [-0.1, -0.05) is 12.1 Å². The highest BCUT2D eigenvalue weighted by molar-refractivity contribution is 5.94. The molecule has 146 valence electrons. The molecule has 1 aliphatic rings. The van der Waals surface area contributed by atoms with Gasteiger partial charge in [0.15, 0.2) is 5.82 Å². The number of carbonyl (C=O) groups is 1. The molecule has 1 amide bonds. The summed E-state index contributed by atoms with van der Waals surface area (Å²) in [5.41, 5.74) is 3.51. The first kappa shape index (κ1) is 17.5. The third-order valence-corrected chi connectivity index (χ3v) is 4.95. The molecule has 0 unspecified atom stereocenters. The van der Waals surface area contributed by atoms with E-state index in [0.717, 1.165) is 36.2 Å². The van der Waals surface area contributed by atoms with Crippen LogP contribution in [0.25, 0.3) is 16.7 Å². The van der Waals surface area contributed by atoms with Crippen LogP contribution >= 0.6 is 0 Å². The SMILES string of the molecule is O=C(NC[C@@H]1CCCO1)c1ccc(Nc2nc3ccccc3n3nnnc23)cc1. The maximum Gasteiger partial charge on any atom is 0.251 e. The van der Waals surface area contributed by atoms with E-state index in [0.29, 0.717) is 23.6 Å². The lowest BCUT2D eigenvalue weighted by Crippen LogP contribution is -2.31. The van der Waals surface area contributed by atoms with Crippen molar-refractivity contribution in [1.29, 1.82) is 0 Å². The number of nitrogens with zero attached hydrogens (tertiary/aromatic N) is 5. The maximum atomic E-state index is 12.3. The number of rotatable bonds is 5. The van der Waals surface area contributed by atoms with Crippen LogP contribution in [0, 0.1) is 0 Å². The van der Waals surface area contributed by atoms with Gasteiger partial charge in [0.1, 0.15) is 0 Å². The fourth-order valence-electron chi connectivity index (χ4n) is 3.44. The van der Waals surface area contributed by atoms with E-state index < -0.39 is 0 Å². The predicted molar refractivity (Wildman–Crippen MR) is 107 cm³/mol. The minimum atomic E-state index is -0.111. The van der Waals surface area contributed by atoms with Gasteiger partial charge in [0, 0.05) is 24.4 Å². The Morgan fingerprint density at radius 3 is 2.86 bits per heavy atom. The molecule has 4 aromatic rings. The molecule has 2 aromatic heterocycles. The molecule has 0 saturated carbocycles. The van der Waals surface area contributed by atoms with Crippen LogP contribution in [-0.4, -0.2) is 50.2 Å². The molecule has 0 radical (unpaired) electrons. The number of benzene rings is 2. The van der Waals surface area contributed by atoms with E-state index >= 15 is 0 Å². The van der Waals surface area contributed by atoms with E-state index in [2.05, 4.69) is 31.1 Å². The van der Waals surface area contributed by atoms with Gasteiger partial charge in [-0.05, 0) is 59.7 Å². The van der Waals surface area contributed by atoms with Crippen LogP contribution in [0.1, 0.15) is 23.2 Å². The Balaban J connectivity index is 1.34. The van der Waals surface area contributed by atoms with Crippen LogP contribution in [-0.2, 0) is 4.74 Å². The van der Waals surface area contributed by atoms with Gasteiger partial charge in [0.05, 0.1) is 17.1 Å². The number of para-hydroxylation sites is 2. The molecule has 5 rings (SSSR count). The zero-order valence-electron chi connectivity index (χ0n) is 15.6. The minimum Gasteiger partial charge on any atom is -0.376 e. The number of hydrogen-bond donors (Lipinski definition) is 2. The average Bonchev–Trinajstić information content (AvgIpc) is 3.45. The summed E-state index contributed by atoms with van der Waals surface area (Å²) in [5, 5.41) is 18.1. The monoisotopic (exact) mass is 389 g/mol. The van der Waals surface area contributed by atoms with Crippen LogP contribution < -0.4 is 10.6 Å². The highest BCUT2D eigenvalue weighted by atomic mass is 16.5. The lowest BCUT2D eigenvalue weighted by atomic mass is 10.2. The highest BCUT2D eigenvalue weighted by Crippen LogP contribution is 2.22. The summed E-state index contributed by atoms with van der Waals surface area (Å²) in [4.78, 5) is 17.0. The van der Waals surface area contributed by atoms with E-state index in [9.17, 15) is 4.79 Å². The van der Waals surface area contributed by atoms with Crippen LogP contribution in [0.2, 0.25) is 0 Å². The number of carbonyl (C=O) groups excluding carboxylic acids is 1. The van der Waals surface area contributed by atoms with Gasteiger partial charge in [0.25, 0.3) is 5.91 Å². The van der Waals surface area contributed by atoms with Crippen LogP contribution in [0.5, 0.6) is 0 Å². The molecule has 1 aliphatic heterocycles. The number of fused-ring (bicyclic) bond motifs is 3. The Morgan fingerprint density at radius 2 is 2.03 bits per heavy atom. The molecule has 29 heavy (non-hydrogen) atoms. The molecule has 0 bridgehead atoms. The largest absolute Gasteiger partial charge is 0.376 e. The second-order valence-corrected chi connectivity index (χ2v) is 6.91. The molecule has 3 heterocycles. The van der Waals surface area contributed by atoms with Crippen molar-refractivity contribution in [3.05, 3.63) is 54.1 Å². The van der Waals surface area contributed by atoms with E-state index in [1.165, 1.54) is 0 Å². The van der Waals surface area contributed by atoms with Gasteiger partial charge in [-0.3, -0.25) is 4.79 Å². The van der Waals surface area contributed by atoms with Crippen molar-refractivity contribution in [1.82, 2.24) is 30.3 Å². The molecule has 0 aliphatic carbocycles. The normalized spacial score (nSPS) is 16.3. The van der Waals surface area contributed by atoms with Crippen molar-refractivity contribution in [2.45, 2.75) is 18.9 Å². The van der Waals surface area contributed by atoms with E-state index in [1.807, 2.05) is 36.4 Å². The lowest BCUT2D eigenvalue weighted by Gasteiger charge is -2.11. The average molecular weight is 389 g/mol. The lowest BCUT2D eigenvalue weighted by molar-refractivity contribution is 0.0858. The number of aromatic nitrogens is 5. The number of ether oxygens (including phenoxy) is 1. The van der Waals surface area contributed by atoms with Crippen LogP contribution in [0.3, 0.4) is 0 Å². The summed E-state index contributed by atoms with van der Waals surface area (Å²) >= 11 is 0. The van der Waals surface area contributed by atoms with Crippen molar-refractivity contribution in [2.24, 2.45) is 0 Å². The Kier molecular flexibility index (Phi) is 4.49. The molecule has 9 nitrogen and oxygen atoms in total. The number of hydrogen-bond acceptors (Lipinski definition) is 7. The van der Waals surface area contributed by atoms with Crippen LogP contribution in [0.4, 0.5) is 11.5 Å². The van der Waals surface area contributed by atoms with Gasteiger partial charge in [-0.25, -0.2) is 4.98 Å². The summed E-state index contributed by atoms with van der Waals surface area (Å²) < 4.78 is 7.18. The van der Waals surface area contributed by atoms with Gasteiger partial charge in [-0.2, -0.15) is 4.52 Å². The maximum absolute atomic E-state index is 12.3. The van der Waals surface area contributed by atoms with E-state index in [1.54, 1.807) is 16.6 Å². The van der Waals surface area contributed by atoms with E-state index in [-0.39, 0.29) is 12.0 Å². The summed E-state index contributed by atoms with van der Waals surface area (Å²) in [6.45, 7) is 1.32. The fourth-order valence-corrected chi connectivity index (χ4v) is 3.44. The minimum absolute atomic E-state index is 0.111. The zero-order chi connectivity index (χ0) is 19.6. The first-order valence-electron chi connectivity index (χ1n) is 9.52. The molecule has 0 spiro atoms. The van der Waals surface area contributed by atoms with E-state index in [4.69, 9.17) is 4.74 Å². The Hall–Kier alpha value is -3.59. The van der Waals surface area contributed by atoms with Crippen molar-refractivity contribution in [2.75, 3.05) is 18.5 Å². The van der Waals surface area contributed by atoms with Crippen molar-refractivity contribution in [3.8, 4) is 0 Å². The summed E-state index contributed by atoms with van der Waals surface area (Å²) in [6, 6.07) is 14.9. The third-order valence-electron chi connectivity index (χ3n) is 4.95. The third kappa shape index (κ3) is 3.47. The van der Waals surface area contributed by atoms with Crippen molar-refractivity contribution < 1.29 is 9.53 Å². The number of nitrogens with one attached hydrogen (secondary N) is 2. The fraction of sp³-hybridized carbons (Fsp3) is 0.250. The topological polar surface area (TPSA) is 106 Å². The Bertz CT molecular complexity index is 1170. The van der Waals surface area contributed by atoms with Crippen LogP contribution in [0.15, 0.2) is 48.5 Å². The van der Waals surface area contributed by atoms with Gasteiger partial charge >= 0.3 is 0 Å². The van der Waals surface area contributed by atoms with Gasteiger partial charge in [0.2, 0.25) is 5.65 Å². The summed E-state index contributed by atoms with van der Waals surface area (Å²) in [7, 11) is 0. The quantitative estimate of drug-likeness (QED) is 0.539. The second-order valence-electron chi connectivity index (χ2n) is 6.91. The van der Waals surface area contributed by atoms with Crippen molar-refractivity contribution >= 4 is 34.1 Å². The molecule has 1 fully saturated rings. The summed E-state index contributed by atoms with van der Waals surface area (Å²) in [6.07, 6.45) is 2.17. The number of tetrazole rings is 1. The predicted octanol–water partition coefficient (Wildman–Crippen LogP) is 2.32.